The molecule has 2 atom stereocenters. The van der Waals surface area contributed by atoms with Crippen LogP contribution < -0.4 is 0 Å². The standard InChI is InChI=1S/C12H18F3NO4/c1-10(2,3)9(18)16-6-11(19-4,12(13,14)15)5-8(16)20-7-17/h7-8H,5-6H2,1-4H3/t8-,11?/m1/s1. The molecule has 0 radical (unpaired) electrons. The molecular formula is C12H18F3NO4. The van der Waals surface area contributed by atoms with Gasteiger partial charge >= 0.3 is 6.18 Å². The van der Waals surface area contributed by atoms with E-state index in [0.29, 0.717) is 0 Å². The van der Waals surface area contributed by atoms with Gasteiger partial charge in [-0.25, -0.2) is 0 Å². The van der Waals surface area contributed by atoms with Gasteiger partial charge in [0, 0.05) is 18.9 Å². The molecule has 1 aliphatic heterocycles. The minimum Gasteiger partial charge on any atom is -0.444 e. The van der Waals surface area contributed by atoms with E-state index in [2.05, 4.69) is 9.47 Å². The fourth-order valence-corrected chi connectivity index (χ4v) is 2.12. The number of halogens is 3. The van der Waals surface area contributed by atoms with Crippen molar-refractivity contribution in [1.29, 1.82) is 0 Å². The third-order valence-corrected chi connectivity index (χ3v) is 3.30. The fourth-order valence-electron chi connectivity index (χ4n) is 2.12. The van der Waals surface area contributed by atoms with E-state index in [1.807, 2.05) is 0 Å². The molecule has 1 fully saturated rings. The maximum atomic E-state index is 13.2. The molecule has 0 aromatic rings. The predicted molar refractivity (Wildman–Crippen MR) is 62.5 cm³/mol. The van der Waals surface area contributed by atoms with E-state index in [4.69, 9.17) is 0 Å². The average molecular weight is 297 g/mol. The average Bonchev–Trinajstić information content (AvgIpc) is 2.67. The summed E-state index contributed by atoms with van der Waals surface area (Å²) in [5, 5.41) is 0. The Labute approximate surface area is 115 Å². The molecule has 20 heavy (non-hydrogen) atoms. The summed E-state index contributed by atoms with van der Waals surface area (Å²) in [7, 11) is 0.927. The molecular weight excluding hydrogens is 279 g/mol. The Hall–Kier alpha value is -1.31. The lowest BCUT2D eigenvalue weighted by Crippen LogP contribution is -2.50. The largest absolute Gasteiger partial charge is 0.444 e. The van der Waals surface area contributed by atoms with Gasteiger partial charge in [0.15, 0.2) is 11.8 Å². The number of amides is 1. The van der Waals surface area contributed by atoms with Gasteiger partial charge in [0.25, 0.3) is 6.47 Å². The van der Waals surface area contributed by atoms with Gasteiger partial charge in [-0.3, -0.25) is 9.59 Å². The number of carbonyl (C=O) groups excluding carboxylic acids is 2. The van der Waals surface area contributed by atoms with Crippen LogP contribution in [0.3, 0.4) is 0 Å². The smallest absolute Gasteiger partial charge is 0.419 e. The zero-order valence-electron chi connectivity index (χ0n) is 11.8. The van der Waals surface area contributed by atoms with Gasteiger partial charge in [-0.15, -0.1) is 0 Å². The maximum absolute atomic E-state index is 13.2. The minimum absolute atomic E-state index is 0.0374. The van der Waals surface area contributed by atoms with Crippen LogP contribution in [-0.2, 0) is 19.1 Å². The zero-order valence-corrected chi connectivity index (χ0v) is 11.8. The summed E-state index contributed by atoms with van der Waals surface area (Å²) in [6.07, 6.45) is -6.58. The summed E-state index contributed by atoms with van der Waals surface area (Å²) in [5.74, 6) is -0.535. The van der Waals surface area contributed by atoms with Crippen LogP contribution in [0, 0.1) is 5.41 Å². The molecule has 116 valence electrons. The topological polar surface area (TPSA) is 55.8 Å². The van der Waals surface area contributed by atoms with Gasteiger partial charge in [0.05, 0.1) is 6.54 Å². The van der Waals surface area contributed by atoms with Crippen LogP contribution in [0.2, 0.25) is 0 Å². The van der Waals surface area contributed by atoms with E-state index in [-0.39, 0.29) is 6.47 Å². The van der Waals surface area contributed by atoms with Crippen LogP contribution >= 0.6 is 0 Å². The molecule has 1 saturated heterocycles. The lowest BCUT2D eigenvalue weighted by atomic mass is 9.95. The second-order valence-electron chi connectivity index (χ2n) is 5.77. The van der Waals surface area contributed by atoms with E-state index in [9.17, 15) is 22.8 Å². The van der Waals surface area contributed by atoms with Crippen molar-refractivity contribution in [3.8, 4) is 0 Å². The highest BCUT2D eigenvalue weighted by atomic mass is 19.4. The lowest BCUT2D eigenvalue weighted by Gasteiger charge is -2.31. The van der Waals surface area contributed by atoms with Crippen molar-refractivity contribution >= 4 is 12.4 Å². The van der Waals surface area contributed by atoms with Crippen molar-refractivity contribution < 1.29 is 32.2 Å². The van der Waals surface area contributed by atoms with Crippen molar-refractivity contribution in [3.05, 3.63) is 0 Å². The number of rotatable bonds is 3. The molecule has 1 unspecified atom stereocenters. The normalized spacial score (nSPS) is 27.6. The quantitative estimate of drug-likeness (QED) is 0.744. The van der Waals surface area contributed by atoms with Crippen molar-refractivity contribution in [2.24, 2.45) is 5.41 Å². The van der Waals surface area contributed by atoms with E-state index in [0.717, 1.165) is 12.0 Å². The molecule has 8 heteroatoms. The number of likely N-dealkylation sites (tertiary alicyclic amines) is 1. The Morgan fingerprint density at radius 3 is 2.25 bits per heavy atom. The van der Waals surface area contributed by atoms with Crippen molar-refractivity contribution in [1.82, 2.24) is 4.90 Å². The Balaban J connectivity index is 3.12. The number of hydrogen-bond donors (Lipinski definition) is 0. The predicted octanol–water partition coefficient (Wildman–Crippen LogP) is 1.71. The van der Waals surface area contributed by atoms with Crippen LogP contribution in [0.4, 0.5) is 13.2 Å². The molecule has 0 bridgehead atoms. The summed E-state index contributed by atoms with van der Waals surface area (Å²) in [5.41, 5.74) is -3.40. The first-order valence-electron chi connectivity index (χ1n) is 6.00. The maximum Gasteiger partial charge on any atom is 0.419 e. The summed E-state index contributed by atoms with van der Waals surface area (Å²) in [6, 6.07) is 0. The zero-order chi connectivity index (χ0) is 15.8. The SMILES string of the molecule is COC1(C(F)(F)F)C[C@@H](OC=O)N(C(=O)C(C)(C)C)C1. The molecule has 1 amide bonds. The molecule has 1 heterocycles. The van der Waals surface area contributed by atoms with Gasteiger partial charge in [0.2, 0.25) is 5.91 Å². The first-order chi connectivity index (χ1) is 8.98. The number of methoxy groups -OCH3 is 1. The molecule has 1 rings (SSSR count). The lowest BCUT2D eigenvalue weighted by molar-refractivity contribution is -0.265. The molecule has 0 spiro atoms. The summed E-state index contributed by atoms with van der Waals surface area (Å²) >= 11 is 0. The third kappa shape index (κ3) is 2.89. The molecule has 1 aliphatic rings. The van der Waals surface area contributed by atoms with Gasteiger partial charge in [0.1, 0.15) is 0 Å². The van der Waals surface area contributed by atoms with Crippen molar-refractivity contribution in [2.75, 3.05) is 13.7 Å². The molecule has 0 aromatic heterocycles. The second-order valence-corrected chi connectivity index (χ2v) is 5.77. The first-order valence-corrected chi connectivity index (χ1v) is 6.00. The summed E-state index contributed by atoms with van der Waals surface area (Å²) < 4.78 is 48.7. The number of carbonyl (C=O) groups is 2. The van der Waals surface area contributed by atoms with Gasteiger partial charge in [-0.2, -0.15) is 13.2 Å². The van der Waals surface area contributed by atoms with Crippen LogP contribution in [0.1, 0.15) is 27.2 Å². The fraction of sp³-hybridized carbons (Fsp3) is 0.833. The van der Waals surface area contributed by atoms with Crippen LogP contribution in [-0.4, -0.2) is 48.9 Å². The molecule has 0 N–H and O–H groups in total. The number of hydrogen-bond acceptors (Lipinski definition) is 4. The molecule has 0 saturated carbocycles. The first kappa shape index (κ1) is 16.7. The van der Waals surface area contributed by atoms with Gasteiger partial charge in [-0.1, -0.05) is 20.8 Å². The number of alkyl halides is 3. The number of nitrogens with zero attached hydrogens (tertiary/aromatic N) is 1. The Morgan fingerprint density at radius 2 is 1.90 bits per heavy atom. The summed E-state index contributed by atoms with van der Waals surface area (Å²) in [6.45, 7) is 4.08. The third-order valence-electron chi connectivity index (χ3n) is 3.30. The van der Waals surface area contributed by atoms with Gasteiger partial charge in [-0.05, 0) is 0 Å². The minimum atomic E-state index is -4.67. The highest BCUT2D eigenvalue weighted by molar-refractivity contribution is 5.82. The monoisotopic (exact) mass is 297 g/mol. The van der Waals surface area contributed by atoms with E-state index >= 15 is 0 Å². The summed E-state index contributed by atoms with van der Waals surface area (Å²) in [4.78, 5) is 23.5. The second kappa shape index (κ2) is 5.23. The van der Waals surface area contributed by atoms with Crippen LogP contribution in [0.15, 0.2) is 0 Å². The Morgan fingerprint density at radius 1 is 1.35 bits per heavy atom. The highest BCUT2D eigenvalue weighted by Crippen LogP contribution is 2.44. The molecule has 0 aromatic carbocycles. The van der Waals surface area contributed by atoms with Crippen molar-refractivity contribution in [3.63, 3.8) is 0 Å². The molecule has 5 nitrogen and oxygen atoms in total. The van der Waals surface area contributed by atoms with Crippen LogP contribution in [0.5, 0.6) is 0 Å². The highest BCUT2D eigenvalue weighted by Gasteiger charge is 2.63. The van der Waals surface area contributed by atoms with Crippen molar-refractivity contribution in [2.45, 2.75) is 45.2 Å². The molecule has 0 aliphatic carbocycles. The van der Waals surface area contributed by atoms with Crippen LogP contribution in [0.25, 0.3) is 0 Å². The van der Waals surface area contributed by atoms with E-state index < -0.39 is 42.3 Å². The Kier molecular flexibility index (Phi) is 4.38. The van der Waals surface area contributed by atoms with Gasteiger partial charge < -0.3 is 14.4 Å². The Bertz CT molecular complexity index is 391. The number of ether oxygens (including phenoxy) is 2. The van der Waals surface area contributed by atoms with E-state index in [1.54, 1.807) is 20.8 Å². The van der Waals surface area contributed by atoms with E-state index in [1.165, 1.54) is 0 Å².